The second-order valence-corrected chi connectivity index (χ2v) is 3.83. The second-order valence-electron chi connectivity index (χ2n) is 3.83. The minimum atomic E-state index is 0.486. The number of nitrogens with two attached hydrogens (primary N) is 1. The summed E-state index contributed by atoms with van der Waals surface area (Å²) >= 11 is 0. The molecule has 0 saturated carbocycles. The molecule has 2 heterocycles. The Morgan fingerprint density at radius 2 is 2.36 bits per heavy atom. The average molecular weight is 192 g/mol. The Hall–Kier alpha value is -1.32. The molecule has 2 rings (SSSR count). The van der Waals surface area contributed by atoms with Crippen molar-refractivity contribution < 1.29 is 0 Å². The molecule has 4 heteroatoms. The predicted octanol–water partition coefficient (Wildman–Crippen LogP) is 1.30. The summed E-state index contributed by atoms with van der Waals surface area (Å²) in [4.78, 5) is 2.28. The van der Waals surface area contributed by atoms with Crippen LogP contribution in [0.15, 0.2) is 12.1 Å². The van der Waals surface area contributed by atoms with E-state index in [2.05, 4.69) is 22.0 Å². The molecule has 1 aliphatic rings. The Bertz CT molecular complexity index is 295. The highest BCUT2D eigenvalue weighted by Crippen LogP contribution is 2.23. The predicted molar refractivity (Wildman–Crippen MR) is 57.1 cm³/mol. The Kier molecular flexibility index (Phi) is 2.52. The van der Waals surface area contributed by atoms with Gasteiger partial charge in [0, 0.05) is 13.1 Å². The first-order valence-electron chi connectivity index (χ1n) is 5.13. The third-order valence-corrected chi connectivity index (χ3v) is 2.86. The van der Waals surface area contributed by atoms with Crippen LogP contribution < -0.4 is 10.6 Å². The summed E-state index contributed by atoms with van der Waals surface area (Å²) in [5, 5.41) is 7.94. The quantitative estimate of drug-likeness (QED) is 0.767. The lowest BCUT2D eigenvalue weighted by Crippen LogP contribution is -2.21. The molecule has 1 saturated heterocycles. The molecule has 1 aliphatic heterocycles. The number of rotatable bonds is 2. The first-order chi connectivity index (χ1) is 6.79. The molecule has 0 aromatic carbocycles. The maximum absolute atomic E-state index is 5.49. The molecule has 4 nitrogen and oxygen atoms in total. The van der Waals surface area contributed by atoms with Crippen LogP contribution in [0.4, 0.5) is 11.6 Å². The molecule has 1 fully saturated rings. The maximum atomic E-state index is 5.49. The lowest BCUT2D eigenvalue weighted by Gasteiger charge is -2.16. The van der Waals surface area contributed by atoms with Gasteiger partial charge in [-0.05, 0) is 24.5 Å². The summed E-state index contributed by atoms with van der Waals surface area (Å²) in [6.45, 7) is 4.44. The highest BCUT2D eigenvalue weighted by atomic mass is 15.3. The summed E-state index contributed by atoms with van der Waals surface area (Å²) in [5.41, 5.74) is 5.49. The molecule has 0 bridgehead atoms. The number of hydrogen-bond donors (Lipinski definition) is 1. The first-order valence-corrected chi connectivity index (χ1v) is 5.13. The van der Waals surface area contributed by atoms with E-state index in [0.29, 0.717) is 5.82 Å². The lowest BCUT2D eigenvalue weighted by atomic mass is 10.1. The zero-order chi connectivity index (χ0) is 9.97. The Labute approximate surface area is 84.1 Å². The van der Waals surface area contributed by atoms with Crippen LogP contribution >= 0.6 is 0 Å². The van der Waals surface area contributed by atoms with Crippen molar-refractivity contribution in [3.8, 4) is 0 Å². The van der Waals surface area contributed by atoms with Crippen molar-refractivity contribution >= 4 is 11.6 Å². The Morgan fingerprint density at radius 3 is 2.93 bits per heavy atom. The standard InChI is InChI=1S/C10H16N4/c1-2-8-5-6-14(7-8)10-4-3-9(11)12-13-10/h3-4,8H,2,5-7H2,1H3,(H2,11,12). The van der Waals surface area contributed by atoms with Gasteiger partial charge in [0.25, 0.3) is 0 Å². The molecule has 1 aromatic heterocycles. The largest absolute Gasteiger partial charge is 0.382 e. The molecule has 0 spiro atoms. The smallest absolute Gasteiger partial charge is 0.151 e. The van der Waals surface area contributed by atoms with Gasteiger partial charge in [-0.3, -0.25) is 0 Å². The van der Waals surface area contributed by atoms with Gasteiger partial charge in [-0.2, -0.15) is 0 Å². The van der Waals surface area contributed by atoms with Crippen LogP contribution in [-0.4, -0.2) is 23.3 Å². The van der Waals surface area contributed by atoms with E-state index in [0.717, 1.165) is 24.8 Å². The summed E-state index contributed by atoms with van der Waals surface area (Å²) in [7, 11) is 0. The monoisotopic (exact) mass is 192 g/mol. The molecule has 14 heavy (non-hydrogen) atoms. The fourth-order valence-corrected chi connectivity index (χ4v) is 1.88. The molecule has 1 atom stereocenters. The molecule has 2 N–H and O–H groups in total. The van der Waals surface area contributed by atoms with Gasteiger partial charge >= 0.3 is 0 Å². The SMILES string of the molecule is CCC1CCN(c2ccc(N)nn2)C1. The summed E-state index contributed by atoms with van der Waals surface area (Å²) < 4.78 is 0. The van der Waals surface area contributed by atoms with Crippen LogP contribution in [0.1, 0.15) is 19.8 Å². The van der Waals surface area contributed by atoms with Crippen LogP contribution in [0.25, 0.3) is 0 Å². The van der Waals surface area contributed by atoms with Crippen molar-refractivity contribution in [2.45, 2.75) is 19.8 Å². The zero-order valence-electron chi connectivity index (χ0n) is 8.48. The van der Waals surface area contributed by atoms with Crippen LogP contribution in [0.5, 0.6) is 0 Å². The summed E-state index contributed by atoms with van der Waals surface area (Å²) in [6.07, 6.45) is 2.52. The molecule has 0 aliphatic carbocycles. The number of hydrogen-bond acceptors (Lipinski definition) is 4. The van der Waals surface area contributed by atoms with Crippen molar-refractivity contribution in [2.75, 3.05) is 23.7 Å². The summed E-state index contributed by atoms with van der Waals surface area (Å²) in [6, 6.07) is 3.75. The fourth-order valence-electron chi connectivity index (χ4n) is 1.88. The molecule has 0 amide bonds. The normalized spacial score (nSPS) is 21.5. The van der Waals surface area contributed by atoms with E-state index in [1.807, 2.05) is 12.1 Å². The van der Waals surface area contributed by atoms with Crippen molar-refractivity contribution in [3.63, 3.8) is 0 Å². The van der Waals surface area contributed by atoms with Crippen molar-refractivity contribution in [1.29, 1.82) is 0 Å². The van der Waals surface area contributed by atoms with E-state index < -0.39 is 0 Å². The van der Waals surface area contributed by atoms with Gasteiger partial charge in [0.2, 0.25) is 0 Å². The van der Waals surface area contributed by atoms with Gasteiger partial charge < -0.3 is 10.6 Å². The molecular formula is C10H16N4. The molecule has 76 valence electrons. The van der Waals surface area contributed by atoms with Gasteiger partial charge in [0.05, 0.1) is 0 Å². The van der Waals surface area contributed by atoms with Gasteiger partial charge in [-0.15, -0.1) is 10.2 Å². The van der Waals surface area contributed by atoms with E-state index in [1.54, 1.807) is 0 Å². The van der Waals surface area contributed by atoms with Crippen molar-refractivity contribution in [2.24, 2.45) is 5.92 Å². The number of nitrogens with zero attached hydrogens (tertiary/aromatic N) is 3. The molecular weight excluding hydrogens is 176 g/mol. The number of anilines is 2. The van der Waals surface area contributed by atoms with Gasteiger partial charge in [-0.25, -0.2) is 0 Å². The number of nitrogen functional groups attached to an aromatic ring is 1. The van der Waals surface area contributed by atoms with Crippen molar-refractivity contribution in [1.82, 2.24) is 10.2 Å². The fraction of sp³-hybridized carbons (Fsp3) is 0.600. The van der Waals surface area contributed by atoms with Crippen LogP contribution in [0, 0.1) is 5.92 Å². The van der Waals surface area contributed by atoms with Crippen LogP contribution in [0.3, 0.4) is 0 Å². The number of aromatic nitrogens is 2. The highest BCUT2D eigenvalue weighted by molar-refractivity contribution is 5.42. The Morgan fingerprint density at radius 1 is 1.50 bits per heavy atom. The molecule has 1 aromatic rings. The van der Waals surface area contributed by atoms with Gasteiger partial charge in [0.1, 0.15) is 5.82 Å². The molecule has 0 radical (unpaired) electrons. The van der Waals surface area contributed by atoms with E-state index in [9.17, 15) is 0 Å². The minimum absolute atomic E-state index is 0.486. The van der Waals surface area contributed by atoms with Crippen LogP contribution in [-0.2, 0) is 0 Å². The topological polar surface area (TPSA) is 55.0 Å². The molecule has 1 unspecified atom stereocenters. The first kappa shape index (κ1) is 9.24. The third kappa shape index (κ3) is 1.78. The second kappa shape index (κ2) is 3.82. The van der Waals surface area contributed by atoms with E-state index >= 15 is 0 Å². The van der Waals surface area contributed by atoms with Crippen molar-refractivity contribution in [3.05, 3.63) is 12.1 Å². The average Bonchev–Trinajstić information content (AvgIpc) is 2.67. The maximum Gasteiger partial charge on any atom is 0.151 e. The van der Waals surface area contributed by atoms with E-state index in [4.69, 9.17) is 5.73 Å². The van der Waals surface area contributed by atoms with Gasteiger partial charge in [0.15, 0.2) is 5.82 Å². The summed E-state index contributed by atoms with van der Waals surface area (Å²) in [5.74, 6) is 2.25. The van der Waals surface area contributed by atoms with Gasteiger partial charge in [-0.1, -0.05) is 13.3 Å². The third-order valence-electron chi connectivity index (χ3n) is 2.86. The Balaban J connectivity index is 2.06. The lowest BCUT2D eigenvalue weighted by molar-refractivity contribution is 0.568. The minimum Gasteiger partial charge on any atom is -0.382 e. The highest BCUT2D eigenvalue weighted by Gasteiger charge is 2.21. The van der Waals surface area contributed by atoms with E-state index in [1.165, 1.54) is 12.8 Å². The van der Waals surface area contributed by atoms with E-state index in [-0.39, 0.29) is 0 Å². The van der Waals surface area contributed by atoms with Crippen LogP contribution in [0.2, 0.25) is 0 Å². The zero-order valence-corrected chi connectivity index (χ0v) is 8.48.